The Kier molecular flexibility index (Phi) is 3.04. The molecular formula is C13H9Cl2NO2S. The van der Waals surface area contributed by atoms with Crippen LogP contribution in [-0.4, -0.2) is 16.1 Å². The first-order chi connectivity index (χ1) is 9.03. The predicted molar refractivity (Wildman–Crippen MR) is 75.5 cm³/mol. The second kappa shape index (κ2) is 4.47. The summed E-state index contributed by atoms with van der Waals surface area (Å²) in [6, 6.07) is 5.41. The van der Waals surface area contributed by atoms with Crippen molar-refractivity contribution < 1.29 is 9.90 Å². The van der Waals surface area contributed by atoms with Gasteiger partial charge in [-0.2, -0.15) is 0 Å². The lowest BCUT2D eigenvalue weighted by atomic mass is 9.96. The zero-order chi connectivity index (χ0) is 13.6. The lowest BCUT2D eigenvalue weighted by Crippen LogP contribution is -2.10. The SMILES string of the molecule is O=C(O)c1csc(C2(c3ccc(Cl)cc3Cl)CC2)n1. The minimum absolute atomic E-state index is 0.0939. The number of benzene rings is 1. The van der Waals surface area contributed by atoms with Gasteiger partial charge < -0.3 is 5.11 Å². The van der Waals surface area contributed by atoms with Gasteiger partial charge in [0.25, 0.3) is 0 Å². The molecule has 2 aromatic rings. The molecule has 3 nitrogen and oxygen atoms in total. The summed E-state index contributed by atoms with van der Waals surface area (Å²) in [7, 11) is 0. The lowest BCUT2D eigenvalue weighted by molar-refractivity contribution is 0.0691. The second-order valence-corrected chi connectivity index (χ2v) is 6.25. The normalized spacial score (nSPS) is 16.3. The monoisotopic (exact) mass is 313 g/mol. The van der Waals surface area contributed by atoms with Gasteiger partial charge in [-0.3, -0.25) is 0 Å². The summed E-state index contributed by atoms with van der Waals surface area (Å²) in [4.78, 5) is 15.1. The molecule has 1 aromatic carbocycles. The summed E-state index contributed by atoms with van der Waals surface area (Å²) in [6.45, 7) is 0. The molecule has 1 saturated carbocycles. The molecule has 1 aliphatic carbocycles. The van der Waals surface area contributed by atoms with Crippen LogP contribution in [-0.2, 0) is 5.41 Å². The van der Waals surface area contributed by atoms with Gasteiger partial charge in [-0.05, 0) is 30.5 Å². The van der Waals surface area contributed by atoms with Crippen LogP contribution in [0.15, 0.2) is 23.6 Å². The van der Waals surface area contributed by atoms with Gasteiger partial charge in [0.05, 0.1) is 0 Å². The van der Waals surface area contributed by atoms with E-state index in [1.54, 1.807) is 17.5 Å². The van der Waals surface area contributed by atoms with Gasteiger partial charge in [0.1, 0.15) is 5.01 Å². The predicted octanol–water partition coefficient (Wildman–Crippen LogP) is 4.23. The number of nitrogens with zero attached hydrogens (tertiary/aromatic N) is 1. The van der Waals surface area contributed by atoms with E-state index in [9.17, 15) is 4.79 Å². The van der Waals surface area contributed by atoms with Crippen LogP contribution >= 0.6 is 34.5 Å². The Bertz CT molecular complexity index is 664. The molecule has 1 heterocycles. The fraction of sp³-hybridized carbons (Fsp3) is 0.231. The number of aromatic carboxylic acids is 1. The first kappa shape index (κ1) is 12.9. The molecule has 0 spiro atoms. The first-order valence-electron chi connectivity index (χ1n) is 5.68. The van der Waals surface area contributed by atoms with E-state index in [0.29, 0.717) is 10.0 Å². The molecular weight excluding hydrogens is 305 g/mol. The van der Waals surface area contributed by atoms with Crippen molar-refractivity contribution in [1.82, 2.24) is 4.98 Å². The molecule has 1 N–H and O–H groups in total. The van der Waals surface area contributed by atoms with Crippen molar-refractivity contribution in [3.8, 4) is 0 Å². The molecule has 0 aliphatic heterocycles. The zero-order valence-corrected chi connectivity index (χ0v) is 12.0. The Morgan fingerprint density at radius 2 is 2.11 bits per heavy atom. The smallest absolute Gasteiger partial charge is 0.355 e. The fourth-order valence-corrected chi connectivity index (χ4v) is 3.85. The average Bonchev–Trinajstić information content (AvgIpc) is 2.99. The minimum atomic E-state index is -1.000. The molecule has 1 fully saturated rings. The van der Waals surface area contributed by atoms with E-state index in [4.69, 9.17) is 28.3 Å². The van der Waals surface area contributed by atoms with Crippen LogP contribution in [0.4, 0.5) is 0 Å². The summed E-state index contributed by atoms with van der Waals surface area (Å²) in [6.07, 6.45) is 1.86. The first-order valence-corrected chi connectivity index (χ1v) is 7.31. The molecule has 98 valence electrons. The van der Waals surface area contributed by atoms with E-state index in [-0.39, 0.29) is 11.1 Å². The van der Waals surface area contributed by atoms with Gasteiger partial charge >= 0.3 is 5.97 Å². The molecule has 1 aromatic heterocycles. The Morgan fingerprint density at radius 1 is 1.37 bits per heavy atom. The van der Waals surface area contributed by atoms with E-state index in [0.717, 1.165) is 23.4 Å². The summed E-state index contributed by atoms with van der Waals surface area (Å²) < 4.78 is 0. The molecule has 0 unspecified atom stereocenters. The number of carbonyl (C=O) groups is 1. The van der Waals surface area contributed by atoms with Crippen LogP contribution < -0.4 is 0 Å². The summed E-state index contributed by atoms with van der Waals surface area (Å²) >= 11 is 13.5. The van der Waals surface area contributed by atoms with Gasteiger partial charge in [-0.1, -0.05) is 29.3 Å². The van der Waals surface area contributed by atoms with Crippen molar-refractivity contribution in [3.05, 3.63) is 49.9 Å². The topological polar surface area (TPSA) is 50.2 Å². The van der Waals surface area contributed by atoms with Gasteiger partial charge in [-0.15, -0.1) is 11.3 Å². The second-order valence-electron chi connectivity index (χ2n) is 4.55. The molecule has 0 atom stereocenters. The van der Waals surface area contributed by atoms with Crippen LogP contribution in [0.2, 0.25) is 10.0 Å². The number of thiazole rings is 1. The van der Waals surface area contributed by atoms with Gasteiger partial charge in [0, 0.05) is 20.8 Å². The number of rotatable bonds is 3. The van der Waals surface area contributed by atoms with E-state index in [1.807, 2.05) is 6.07 Å². The standard InChI is InChI=1S/C13H9Cl2NO2S/c14-7-1-2-8(9(15)5-7)13(3-4-13)12-16-10(6-19-12)11(17)18/h1-2,5-6H,3-4H2,(H,17,18). The van der Waals surface area contributed by atoms with Crippen LogP contribution in [0.1, 0.15) is 33.9 Å². The third-order valence-electron chi connectivity index (χ3n) is 3.33. The molecule has 1 aliphatic rings. The van der Waals surface area contributed by atoms with Gasteiger partial charge in [0.15, 0.2) is 5.69 Å². The number of aromatic nitrogens is 1. The van der Waals surface area contributed by atoms with Crippen LogP contribution in [0, 0.1) is 0 Å². The Balaban J connectivity index is 2.05. The summed E-state index contributed by atoms with van der Waals surface area (Å²) in [5.74, 6) is -1.000. The third-order valence-corrected chi connectivity index (χ3v) is 4.92. The highest BCUT2D eigenvalue weighted by Crippen LogP contribution is 2.56. The van der Waals surface area contributed by atoms with Crippen molar-refractivity contribution in [3.63, 3.8) is 0 Å². The number of carboxylic acids is 1. The summed E-state index contributed by atoms with van der Waals surface area (Å²) in [5, 5.41) is 12.5. The van der Waals surface area contributed by atoms with Gasteiger partial charge in [-0.25, -0.2) is 9.78 Å². The van der Waals surface area contributed by atoms with Crippen molar-refractivity contribution in [2.75, 3.05) is 0 Å². The maximum absolute atomic E-state index is 10.9. The quantitative estimate of drug-likeness (QED) is 0.922. The molecule has 0 radical (unpaired) electrons. The Hall–Kier alpha value is -1.10. The van der Waals surface area contributed by atoms with Crippen molar-refractivity contribution >= 4 is 40.5 Å². The average molecular weight is 314 g/mol. The minimum Gasteiger partial charge on any atom is -0.476 e. The fourth-order valence-electron chi connectivity index (χ4n) is 2.19. The molecule has 0 saturated heterocycles. The molecule has 0 bridgehead atoms. The number of halogens is 2. The summed E-state index contributed by atoms with van der Waals surface area (Å²) in [5.41, 5.74) is 0.848. The highest BCUT2D eigenvalue weighted by Gasteiger charge is 2.49. The highest BCUT2D eigenvalue weighted by atomic mass is 35.5. The number of hydrogen-bond acceptors (Lipinski definition) is 3. The van der Waals surface area contributed by atoms with Crippen molar-refractivity contribution in [1.29, 1.82) is 0 Å². The molecule has 3 rings (SSSR count). The largest absolute Gasteiger partial charge is 0.476 e. The Labute approximate surface area is 123 Å². The molecule has 6 heteroatoms. The Morgan fingerprint density at radius 3 is 2.63 bits per heavy atom. The van der Waals surface area contributed by atoms with E-state index in [2.05, 4.69) is 4.98 Å². The van der Waals surface area contributed by atoms with Crippen molar-refractivity contribution in [2.45, 2.75) is 18.3 Å². The van der Waals surface area contributed by atoms with Crippen molar-refractivity contribution in [2.24, 2.45) is 0 Å². The van der Waals surface area contributed by atoms with E-state index < -0.39 is 5.97 Å². The van der Waals surface area contributed by atoms with Gasteiger partial charge in [0.2, 0.25) is 0 Å². The lowest BCUT2D eigenvalue weighted by Gasteiger charge is -2.14. The maximum atomic E-state index is 10.9. The van der Waals surface area contributed by atoms with Crippen LogP contribution in [0.25, 0.3) is 0 Å². The van der Waals surface area contributed by atoms with Crippen LogP contribution in [0.3, 0.4) is 0 Å². The van der Waals surface area contributed by atoms with Crippen LogP contribution in [0.5, 0.6) is 0 Å². The molecule has 19 heavy (non-hydrogen) atoms. The highest BCUT2D eigenvalue weighted by molar-refractivity contribution is 7.10. The van der Waals surface area contributed by atoms with E-state index in [1.165, 1.54) is 11.3 Å². The maximum Gasteiger partial charge on any atom is 0.355 e. The number of hydrogen-bond donors (Lipinski definition) is 1. The third kappa shape index (κ3) is 2.14. The zero-order valence-electron chi connectivity index (χ0n) is 9.69. The van der Waals surface area contributed by atoms with E-state index >= 15 is 0 Å². The molecule has 0 amide bonds. The number of carboxylic acid groups (broad SMARTS) is 1.